The lowest BCUT2D eigenvalue weighted by atomic mass is 9.94. The number of nitro groups is 1. The number of nitro benzene ring substituents is 1. The van der Waals surface area contributed by atoms with Gasteiger partial charge in [0.25, 0.3) is 11.8 Å². The third kappa shape index (κ3) is 6.17. The quantitative estimate of drug-likeness (QED) is 0.200. The average Bonchev–Trinajstić information content (AvgIpc) is 3.70. The van der Waals surface area contributed by atoms with Crippen molar-refractivity contribution in [3.05, 3.63) is 64.0 Å². The minimum atomic E-state index is -0.983. The van der Waals surface area contributed by atoms with Gasteiger partial charge in [0.1, 0.15) is 6.04 Å². The summed E-state index contributed by atoms with van der Waals surface area (Å²) in [6, 6.07) is 7.67. The Morgan fingerprint density at radius 2 is 1.66 bits per heavy atom. The van der Waals surface area contributed by atoms with Crippen molar-refractivity contribution in [1.82, 2.24) is 24.9 Å². The zero-order valence-electron chi connectivity index (χ0n) is 28.2. The number of methoxy groups -OCH3 is 1. The first-order valence-electron chi connectivity index (χ1n) is 17.1. The number of benzene rings is 2. The van der Waals surface area contributed by atoms with Crippen molar-refractivity contribution in [1.29, 1.82) is 0 Å². The Bertz CT molecular complexity index is 1860. The first-order chi connectivity index (χ1) is 24.1. The topological polar surface area (TPSA) is 163 Å². The Morgan fingerprint density at radius 1 is 0.920 bits per heavy atom. The lowest BCUT2D eigenvalue weighted by Crippen LogP contribution is -2.54. The summed E-state index contributed by atoms with van der Waals surface area (Å²) in [4.78, 5) is 69.8. The molecule has 5 heterocycles. The molecular weight excluding hydrogens is 644 g/mol. The van der Waals surface area contributed by atoms with Crippen LogP contribution in [0.2, 0.25) is 0 Å². The molecule has 0 saturated carbocycles. The number of ether oxygens (including phenoxy) is 1. The monoisotopic (exact) mass is 684 g/mol. The second kappa shape index (κ2) is 13.5. The molecule has 3 saturated heterocycles. The van der Waals surface area contributed by atoms with Crippen LogP contribution in [0.1, 0.15) is 53.3 Å². The van der Waals surface area contributed by atoms with Crippen LogP contribution in [0.25, 0.3) is 11.1 Å². The number of amides is 4. The van der Waals surface area contributed by atoms with E-state index in [-0.39, 0.29) is 29.8 Å². The zero-order chi connectivity index (χ0) is 35.1. The summed E-state index contributed by atoms with van der Waals surface area (Å²) >= 11 is 0. The van der Waals surface area contributed by atoms with E-state index in [4.69, 9.17) is 4.74 Å². The number of anilines is 2. The zero-order valence-corrected chi connectivity index (χ0v) is 28.2. The summed E-state index contributed by atoms with van der Waals surface area (Å²) in [5.74, 6) is -1.27. The largest absolute Gasteiger partial charge is 0.490 e. The summed E-state index contributed by atoms with van der Waals surface area (Å²) in [5.41, 5.74) is 3.88. The Hall–Kier alpha value is -5.31. The van der Waals surface area contributed by atoms with Crippen LogP contribution in [0.3, 0.4) is 0 Å². The fourth-order valence-electron chi connectivity index (χ4n) is 7.60. The maximum Gasteiger partial charge on any atom is 0.311 e. The highest BCUT2D eigenvalue weighted by Crippen LogP contribution is 2.41. The molecule has 50 heavy (non-hydrogen) atoms. The number of imide groups is 2. The molecule has 1 atom stereocenters. The minimum absolute atomic E-state index is 0.0706. The van der Waals surface area contributed by atoms with Crippen LogP contribution in [0.4, 0.5) is 17.1 Å². The predicted molar refractivity (Wildman–Crippen MR) is 183 cm³/mol. The summed E-state index contributed by atoms with van der Waals surface area (Å²) in [7, 11) is 1.45. The fraction of sp³-hybridized carbons (Fsp3) is 0.457. The van der Waals surface area contributed by atoms with Crippen molar-refractivity contribution in [3.8, 4) is 16.9 Å². The first-order valence-corrected chi connectivity index (χ1v) is 17.1. The number of piperidine rings is 2. The van der Waals surface area contributed by atoms with Gasteiger partial charge < -0.3 is 14.5 Å². The smallest absolute Gasteiger partial charge is 0.311 e. The highest BCUT2D eigenvalue weighted by Gasteiger charge is 2.45. The number of fused-ring (bicyclic) bond motifs is 1. The standard InChI is InChI=1S/C35H40N8O7/c1-3-41-21-23(19-36-41)26-17-30(43(48)49)31(50-2)18-29(26)40-10-8-22(9-11-40)20-38-12-14-39(15-13-38)24-4-5-25-27(16-24)35(47)42(34(25)46)28-6-7-32(44)37-33(28)45/h4-5,16-19,21-22,28H,3,6-15,20H2,1-2H3,(H,37,44,45). The third-order valence-electron chi connectivity index (χ3n) is 10.4. The Kier molecular flexibility index (Phi) is 8.99. The van der Waals surface area contributed by atoms with Gasteiger partial charge in [-0.2, -0.15) is 5.10 Å². The van der Waals surface area contributed by atoms with E-state index in [0.717, 1.165) is 86.1 Å². The van der Waals surface area contributed by atoms with Gasteiger partial charge in [0.15, 0.2) is 5.75 Å². The molecule has 0 spiro atoms. The molecule has 3 fully saturated rings. The molecular formula is C35H40N8O7. The number of piperazine rings is 1. The molecule has 262 valence electrons. The van der Waals surface area contributed by atoms with Crippen LogP contribution in [-0.2, 0) is 16.1 Å². The summed E-state index contributed by atoms with van der Waals surface area (Å²) in [6.45, 7) is 8.57. The fourth-order valence-corrected chi connectivity index (χ4v) is 7.60. The van der Waals surface area contributed by atoms with Crippen molar-refractivity contribution >= 4 is 40.7 Å². The van der Waals surface area contributed by atoms with Gasteiger partial charge in [-0.1, -0.05) is 0 Å². The van der Waals surface area contributed by atoms with Crippen LogP contribution in [0.5, 0.6) is 5.75 Å². The maximum atomic E-state index is 13.3. The van der Waals surface area contributed by atoms with Crippen molar-refractivity contribution in [2.24, 2.45) is 5.92 Å². The summed E-state index contributed by atoms with van der Waals surface area (Å²) in [5, 5.41) is 18.5. The van der Waals surface area contributed by atoms with Crippen molar-refractivity contribution in [3.63, 3.8) is 0 Å². The number of aromatic nitrogens is 2. The second-order valence-corrected chi connectivity index (χ2v) is 13.3. The van der Waals surface area contributed by atoms with E-state index in [2.05, 4.69) is 25.1 Å². The molecule has 1 unspecified atom stereocenters. The molecule has 4 aliphatic heterocycles. The van der Waals surface area contributed by atoms with Gasteiger partial charge in [0, 0.05) is 99.6 Å². The second-order valence-electron chi connectivity index (χ2n) is 13.3. The van der Waals surface area contributed by atoms with Crippen molar-refractivity contribution in [2.45, 2.75) is 45.2 Å². The highest BCUT2D eigenvalue weighted by molar-refractivity contribution is 6.23. The van der Waals surface area contributed by atoms with Gasteiger partial charge in [-0.05, 0) is 50.3 Å². The molecule has 4 aliphatic rings. The number of nitrogens with one attached hydrogen (secondary N) is 1. The van der Waals surface area contributed by atoms with E-state index in [0.29, 0.717) is 18.0 Å². The van der Waals surface area contributed by atoms with Crippen molar-refractivity contribution in [2.75, 3.05) is 62.7 Å². The highest BCUT2D eigenvalue weighted by atomic mass is 16.6. The van der Waals surface area contributed by atoms with Gasteiger partial charge in [-0.25, -0.2) is 0 Å². The Labute approximate surface area is 288 Å². The van der Waals surface area contributed by atoms with Crippen LogP contribution in [-0.4, -0.2) is 107 Å². The number of hydrogen-bond acceptors (Lipinski definition) is 11. The number of carbonyl (C=O) groups excluding carboxylic acids is 4. The molecule has 0 bridgehead atoms. The van der Waals surface area contributed by atoms with Gasteiger partial charge in [-0.3, -0.25) is 49.1 Å². The van der Waals surface area contributed by atoms with Crippen LogP contribution < -0.4 is 19.9 Å². The van der Waals surface area contributed by atoms with E-state index in [1.165, 1.54) is 7.11 Å². The van der Waals surface area contributed by atoms with E-state index >= 15 is 0 Å². The maximum absolute atomic E-state index is 13.3. The molecule has 15 heteroatoms. The van der Waals surface area contributed by atoms with Gasteiger partial charge >= 0.3 is 5.69 Å². The number of rotatable bonds is 9. The SMILES string of the molecule is CCn1cc(-c2cc([N+](=O)[O-])c(OC)cc2N2CCC(CN3CCN(c4ccc5c(c4)C(=O)N(C4CCC(=O)NC4=O)C5=O)CC3)CC2)cn1. The number of nitrogens with zero attached hydrogens (tertiary/aromatic N) is 7. The van der Waals surface area contributed by atoms with Gasteiger partial charge in [0.2, 0.25) is 11.8 Å². The predicted octanol–water partition coefficient (Wildman–Crippen LogP) is 2.93. The van der Waals surface area contributed by atoms with Gasteiger partial charge in [0.05, 0.1) is 29.4 Å². The normalized spacial score (nSPS) is 20.4. The molecule has 0 aliphatic carbocycles. The van der Waals surface area contributed by atoms with E-state index in [1.54, 1.807) is 30.5 Å². The third-order valence-corrected chi connectivity index (χ3v) is 10.4. The van der Waals surface area contributed by atoms with Crippen molar-refractivity contribution < 1.29 is 28.8 Å². The Morgan fingerprint density at radius 3 is 2.32 bits per heavy atom. The number of hydrogen-bond donors (Lipinski definition) is 1. The minimum Gasteiger partial charge on any atom is -0.490 e. The average molecular weight is 685 g/mol. The molecule has 1 aromatic heterocycles. The molecule has 1 N–H and O–H groups in total. The molecule has 15 nitrogen and oxygen atoms in total. The molecule has 3 aromatic rings. The molecule has 7 rings (SSSR count). The summed E-state index contributed by atoms with van der Waals surface area (Å²) < 4.78 is 7.24. The molecule has 2 aromatic carbocycles. The van der Waals surface area contributed by atoms with E-state index < -0.39 is 34.6 Å². The van der Waals surface area contributed by atoms with Crippen LogP contribution in [0.15, 0.2) is 42.7 Å². The lowest BCUT2D eigenvalue weighted by Gasteiger charge is -2.40. The van der Waals surface area contributed by atoms with Crippen LogP contribution in [0, 0.1) is 16.0 Å². The van der Waals surface area contributed by atoms with E-state index in [9.17, 15) is 29.3 Å². The summed E-state index contributed by atoms with van der Waals surface area (Å²) in [6.07, 6.45) is 5.84. The van der Waals surface area contributed by atoms with E-state index in [1.807, 2.05) is 23.9 Å². The lowest BCUT2D eigenvalue weighted by molar-refractivity contribution is -0.385. The first kappa shape index (κ1) is 33.2. The number of aryl methyl sites for hydroxylation is 1. The number of carbonyl (C=O) groups is 4. The molecule has 0 radical (unpaired) electrons. The van der Waals surface area contributed by atoms with Gasteiger partial charge in [-0.15, -0.1) is 0 Å². The Balaban J connectivity index is 0.961. The van der Waals surface area contributed by atoms with Crippen LogP contribution >= 0.6 is 0 Å². The molecule has 4 amide bonds.